The lowest BCUT2D eigenvalue weighted by Gasteiger charge is -2.30. The van der Waals surface area contributed by atoms with E-state index in [0.29, 0.717) is 30.9 Å². The van der Waals surface area contributed by atoms with Crippen LogP contribution in [-0.2, 0) is 17.9 Å². The highest BCUT2D eigenvalue weighted by molar-refractivity contribution is 5.25. The predicted octanol–water partition coefficient (Wildman–Crippen LogP) is 1.81. The summed E-state index contributed by atoms with van der Waals surface area (Å²) in [5.74, 6) is 1.27. The van der Waals surface area contributed by atoms with Crippen molar-refractivity contribution in [1.82, 2.24) is 19.7 Å². The fraction of sp³-hybridized carbons (Fsp3) is 0.647. The number of piperidine rings is 1. The van der Waals surface area contributed by atoms with E-state index < -0.39 is 0 Å². The van der Waals surface area contributed by atoms with Gasteiger partial charge in [0.25, 0.3) is 5.56 Å². The molecule has 0 radical (unpaired) electrons. The summed E-state index contributed by atoms with van der Waals surface area (Å²) in [5.41, 5.74) is 0.876. The van der Waals surface area contributed by atoms with Crippen LogP contribution in [0.3, 0.4) is 0 Å². The van der Waals surface area contributed by atoms with Gasteiger partial charge in [-0.05, 0) is 24.7 Å². The van der Waals surface area contributed by atoms with Gasteiger partial charge in [-0.25, -0.2) is 4.98 Å². The van der Waals surface area contributed by atoms with Crippen LogP contribution in [0.2, 0.25) is 0 Å². The molecule has 3 heterocycles. The topological polar surface area (TPSA) is 86.3 Å². The van der Waals surface area contributed by atoms with E-state index in [1.54, 1.807) is 24.1 Å². The second kappa shape index (κ2) is 7.77. The lowest BCUT2D eigenvalue weighted by Crippen LogP contribution is -2.36. The summed E-state index contributed by atoms with van der Waals surface area (Å²) >= 11 is 0. The first-order valence-electron chi connectivity index (χ1n) is 8.69. The Balaban J connectivity index is 1.56. The molecule has 0 saturated carbocycles. The first kappa shape index (κ1) is 17.6. The average Bonchev–Trinajstić information content (AvgIpc) is 3.06. The normalized spacial score (nSPS) is 15.9. The van der Waals surface area contributed by atoms with Gasteiger partial charge in [0.15, 0.2) is 5.82 Å². The third-order valence-corrected chi connectivity index (χ3v) is 4.56. The molecule has 0 spiro atoms. The van der Waals surface area contributed by atoms with Gasteiger partial charge in [-0.15, -0.1) is 0 Å². The van der Waals surface area contributed by atoms with Crippen molar-refractivity contribution in [3.63, 3.8) is 0 Å². The van der Waals surface area contributed by atoms with Gasteiger partial charge in [0.1, 0.15) is 6.61 Å². The Morgan fingerprint density at radius 1 is 1.36 bits per heavy atom. The predicted molar refractivity (Wildman–Crippen MR) is 92.5 cm³/mol. The minimum absolute atomic E-state index is 0.0299. The standard InChI is InChI=1S/C17H25N5O3/c1-12(2)14-8-16(23)22(11-18-14)9-13-4-6-21(7-5-13)17-19-15(10-24-3)20-25-17/h8,11-13H,4-7,9-10H2,1-3H3. The van der Waals surface area contributed by atoms with Gasteiger partial charge in [0.2, 0.25) is 0 Å². The number of nitrogens with zero attached hydrogens (tertiary/aromatic N) is 5. The first-order valence-corrected chi connectivity index (χ1v) is 8.69. The zero-order chi connectivity index (χ0) is 17.8. The summed E-state index contributed by atoms with van der Waals surface area (Å²) in [7, 11) is 1.60. The van der Waals surface area contributed by atoms with Crippen molar-refractivity contribution >= 4 is 6.01 Å². The fourth-order valence-electron chi connectivity index (χ4n) is 3.04. The highest BCUT2D eigenvalue weighted by atomic mass is 16.5. The Morgan fingerprint density at radius 2 is 2.12 bits per heavy atom. The number of rotatable bonds is 6. The highest BCUT2D eigenvalue weighted by Gasteiger charge is 2.23. The number of hydrogen-bond acceptors (Lipinski definition) is 7. The Morgan fingerprint density at radius 3 is 2.76 bits per heavy atom. The van der Waals surface area contributed by atoms with E-state index in [-0.39, 0.29) is 11.5 Å². The van der Waals surface area contributed by atoms with Crippen LogP contribution in [0.15, 0.2) is 21.7 Å². The van der Waals surface area contributed by atoms with Crippen LogP contribution in [0, 0.1) is 5.92 Å². The van der Waals surface area contributed by atoms with Gasteiger partial charge < -0.3 is 14.2 Å². The Hall–Kier alpha value is -2.22. The molecule has 1 aliphatic heterocycles. The summed E-state index contributed by atoms with van der Waals surface area (Å²) in [6.07, 6.45) is 3.62. The molecule has 0 amide bonds. The summed E-state index contributed by atoms with van der Waals surface area (Å²) in [6.45, 7) is 6.81. The van der Waals surface area contributed by atoms with Gasteiger partial charge >= 0.3 is 6.01 Å². The summed E-state index contributed by atoms with van der Waals surface area (Å²) in [4.78, 5) is 23.1. The van der Waals surface area contributed by atoms with E-state index in [2.05, 4.69) is 20.0 Å². The van der Waals surface area contributed by atoms with Crippen LogP contribution in [0.1, 0.15) is 44.1 Å². The van der Waals surface area contributed by atoms with Crippen LogP contribution in [0.5, 0.6) is 0 Å². The van der Waals surface area contributed by atoms with E-state index in [1.165, 1.54) is 0 Å². The third-order valence-electron chi connectivity index (χ3n) is 4.56. The zero-order valence-electron chi connectivity index (χ0n) is 15.0. The second-order valence-corrected chi connectivity index (χ2v) is 6.82. The van der Waals surface area contributed by atoms with Crippen molar-refractivity contribution in [3.05, 3.63) is 34.3 Å². The molecule has 2 aromatic rings. The molecule has 8 nitrogen and oxygen atoms in total. The number of hydrogen-bond donors (Lipinski definition) is 0. The maximum Gasteiger partial charge on any atom is 0.324 e. The molecule has 8 heteroatoms. The molecular formula is C17H25N5O3. The number of aromatic nitrogens is 4. The Kier molecular flexibility index (Phi) is 5.47. The van der Waals surface area contributed by atoms with Gasteiger partial charge in [-0.1, -0.05) is 19.0 Å². The van der Waals surface area contributed by atoms with Gasteiger partial charge in [0, 0.05) is 32.8 Å². The number of anilines is 1. The second-order valence-electron chi connectivity index (χ2n) is 6.82. The van der Waals surface area contributed by atoms with E-state index in [4.69, 9.17) is 9.26 Å². The van der Waals surface area contributed by atoms with Gasteiger partial charge in [-0.2, -0.15) is 4.98 Å². The van der Waals surface area contributed by atoms with Crippen LogP contribution >= 0.6 is 0 Å². The molecule has 0 N–H and O–H groups in total. The molecule has 0 unspecified atom stereocenters. The fourth-order valence-corrected chi connectivity index (χ4v) is 3.04. The molecule has 0 aliphatic carbocycles. The number of methoxy groups -OCH3 is 1. The Labute approximate surface area is 146 Å². The monoisotopic (exact) mass is 347 g/mol. The molecule has 0 aromatic carbocycles. The van der Waals surface area contributed by atoms with Crippen molar-refractivity contribution < 1.29 is 9.26 Å². The zero-order valence-corrected chi connectivity index (χ0v) is 15.0. The SMILES string of the molecule is COCc1noc(N2CCC(Cn3cnc(C(C)C)cc3=O)CC2)n1. The minimum Gasteiger partial charge on any atom is -0.377 e. The molecule has 1 saturated heterocycles. The number of ether oxygens (including phenoxy) is 1. The van der Waals surface area contributed by atoms with Crippen molar-refractivity contribution in [3.8, 4) is 0 Å². The Bertz CT molecular complexity index is 747. The van der Waals surface area contributed by atoms with Crippen molar-refractivity contribution in [1.29, 1.82) is 0 Å². The smallest absolute Gasteiger partial charge is 0.324 e. The largest absolute Gasteiger partial charge is 0.377 e. The average molecular weight is 347 g/mol. The molecular weight excluding hydrogens is 322 g/mol. The maximum atomic E-state index is 12.2. The van der Waals surface area contributed by atoms with Gasteiger partial charge in [-0.3, -0.25) is 9.36 Å². The molecule has 1 fully saturated rings. The summed E-state index contributed by atoms with van der Waals surface area (Å²) in [5, 5.41) is 3.90. The van der Waals surface area contributed by atoms with E-state index in [1.807, 2.05) is 13.8 Å². The first-order chi connectivity index (χ1) is 12.1. The van der Waals surface area contributed by atoms with Crippen molar-refractivity contribution in [2.75, 3.05) is 25.1 Å². The lowest BCUT2D eigenvalue weighted by molar-refractivity contribution is 0.174. The quantitative estimate of drug-likeness (QED) is 0.787. The maximum absolute atomic E-state index is 12.2. The summed E-state index contributed by atoms with van der Waals surface area (Å²) in [6, 6.07) is 2.20. The van der Waals surface area contributed by atoms with Crippen molar-refractivity contribution in [2.45, 2.75) is 45.8 Å². The van der Waals surface area contributed by atoms with Crippen molar-refractivity contribution in [2.24, 2.45) is 5.92 Å². The van der Waals surface area contributed by atoms with Crippen LogP contribution in [0.4, 0.5) is 6.01 Å². The minimum atomic E-state index is 0.0299. The molecule has 3 rings (SSSR count). The van der Waals surface area contributed by atoms with Crippen LogP contribution in [-0.4, -0.2) is 39.9 Å². The van der Waals surface area contributed by atoms with E-state index in [0.717, 1.165) is 31.6 Å². The summed E-state index contributed by atoms with van der Waals surface area (Å²) < 4.78 is 12.0. The molecule has 136 valence electrons. The lowest BCUT2D eigenvalue weighted by atomic mass is 9.97. The third kappa shape index (κ3) is 4.25. The van der Waals surface area contributed by atoms with Crippen LogP contribution in [0.25, 0.3) is 0 Å². The van der Waals surface area contributed by atoms with E-state index >= 15 is 0 Å². The van der Waals surface area contributed by atoms with Crippen LogP contribution < -0.4 is 10.5 Å². The molecule has 2 aromatic heterocycles. The molecule has 0 atom stereocenters. The molecule has 1 aliphatic rings. The highest BCUT2D eigenvalue weighted by Crippen LogP contribution is 2.23. The van der Waals surface area contributed by atoms with Gasteiger partial charge in [0.05, 0.1) is 12.0 Å². The molecule has 25 heavy (non-hydrogen) atoms. The van der Waals surface area contributed by atoms with E-state index in [9.17, 15) is 4.79 Å². The molecule has 0 bridgehead atoms.